The van der Waals surface area contributed by atoms with Crippen LogP contribution in [0.3, 0.4) is 0 Å². The van der Waals surface area contributed by atoms with Gasteiger partial charge in [0.1, 0.15) is 5.75 Å². The zero-order valence-corrected chi connectivity index (χ0v) is 10.1. The van der Waals surface area contributed by atoms with Crippen LogP contribution in [0, 0.1) is 0 Å². The van der Waals surface area contributed by atoms with E-state index in [-0.39, 0.29) is 11.7 Å². The molecule has 0 fully saturated rings. The van der Waals surface area contributed by atoms with Crippen molar-refractivity contribution in [2.24, 2.45) is 5.73 Å². The average molecular weight is 245 g/mol. The van der Waals surface area contributed by atoms with E-state index in [9.17, 15) is 4.79 Å². The van der Waals surface area contributed by atoms with Crippen LogP contribution in [0.25, 0.3) is 0 Å². The van der Waals surface area contributed by atoms with Crippen LogP contribution in [0.4, 0.5) is 0 Å². The first kappa shape index (κ1) is 12.3. The summed E-state index contributed by atoms with van der Waals surface area (Å²) in [5.74, 6) is 0.751. The van der Waals surface area contributed by atoms with Gasteiger partial charge in [0.15, 0.2) is 0 Å². The number of benzene rings is 1. The number of rotatable bonds is 4. The van der Waals surface area contributed by atoms with Gasteiger partial charge in [-0.1, -0.05) is 12.1 Å². The molecule has 94 valence electrons. The van der Waals surface area contributed by atoms with Gasteiger partial charge in [-0.2, -0.15) is 0 Å². The highest BCUT2D eigenvalue weighted by Crippen LogP contribution is 2.18. The normalized spacial score (nSPS) is 12.1. The van der Waals surface area contributed by atoms with Crippen LogP contribution >= 0.6 is 0 Å². The Hall–Kier alpha value is -2.14. The number of ether oxygens (including phenoxy) is 1. The van der Waals surface area contributed by atoms with Gasteiger partial charge in [0.2, 0.25) is 0 Å². The molecule has 2 aromatic rings. The van der Waals surface area contributed by atoms with E-state index in [0.717, 1.165) is 11.3 Å². The van der Waals surface area contributed by atoms with Gasteiger partial charge >= 0.3 is 5.69 Å². The van der Waals surface area contributed by atoms with Crippen LogP contribution in [0.15, 0.2) is 47.5 Å². The Balaban J connectivity index is 2.19. The fraction of sp³-hybridized carbons (Fsp3) is 0.231. The van der Waals surface area contributed by atoms with E-state index in [1.165, 1.54) is 10.8 Å². The predicted molar refractivity (Wildman–Crippen MR) is 68.4 cm³/mol. The lowest BCUT2D eigenvalue weighted by molar-refractivity contribution is 0.413. The molecule has 0 saturated heterocycles. The number of hydrogen-bond acceptors (Lipinski definition) is 4. The molecule has 0 spiro atoms. The molecule has 0 bridgehead atoms. The Bertz CT molecular complexity index is 580. The van der Waals surface area contributed by atoms with Crippen LogP contribution in [0.5, 0.6) is 5.75 Å². The third kappa shape index (κ3) is 2.75. The zero-order valence-electron chi connectivity index (χ0n) is 10.1. The highest BCUT2D eigenvalue weighted by atomic mass is 16.5. The Morgan fingerprint density at radius 2 is 2.28 bits per heavy atom. The minimum Gasteiger partial charge on any atom is -0.497 e. The van der Waals surface area contributed by atoms with Gasteiger partial charge in [-0.3, -0.25) is 4.57 Å². The van der Waals surface area contributed by atoms with Crippen LogP contribution in [0.2, 0.25) is 0 Å². The summed E-state index contributed by atoms with van der Waals surface area (Å²) in [6.45, 7) is 0.389. The molecule has 5 heteroatoms. The van der Waals surface area contributed by atoms with Gasteiger partial charge in [-0.25, -0.2) is 9.78 Å². The molecule has 2 N–H and O–H groups in total. The molecule has 1 aromatic carbocycles. The molecule has 1 atom stereocenters. The van der Waals surface area contributed by atoms with E-state index in [2.05, 4.69) is 4.98 Å². The lowest BCUT2D eigenvalue weighted by atomic mass is 10.1. The molecule has 1 unspecified atom stereocenters. The van der Waals surface area contributed by atoms with Crippen LogP contribution in [0.1, 0.15) is 11.6 Å². The number of nitrogens with two attached hydrogens (primary N) is 1. The van der Waals surface area contributed by atoms with Gasteiger partial charge in [0, 0.05) is 25.0 Å². The smallest absolute Gasteiger partial charge is 0.347 e. The molecule has 1 heterocycles. The highest BCUT2D eigenvalue weighted by Gasteiger charge is 2.08. The minimum absolute atomic E-state index is 0.276. The monoisotopic (exact) mass is 245 g/mol. The highest BCUT2D eigenvalue weighted by molar-refractivity contribution is 5.30. The predicted octanol–water partition coefficient (Wildman–Crippen LogP) is 0.952. The topological polar surface area (TPSA) is 70.1 Å². The first-order valence-electron chi connectivity index (χ1n) is 5.61. The summed E-state index contributed by atoms with van der Waals surface area (Å²) >= 11 is 0. The van der Waals surface area contributed by atoms with Crippen LogP contribution < -0.4 is 16.2 Å². The Kier molecular flexibility index (Phi) is 3.74. The summed E-state index contributed by atoms with van der Waals surface area (Å²) in [6.07, 6.45) is 3.14. The van der Waals surface area contributed by atoms with Crippen LogP contribution in [-0.4, -0.2) is 16.7 Å². The number of nitrogens with zero attached hydrogens (tertiary/aromatic N) is 2. The second-order valence-electron chi connectivity index (χ2n) is 3.94. The van der Waals surface area contributed by atoms with Crippen molar-refractivity contribution in [3.8, 4) is 5.75 Å². The Labute approximate surface area is 105 Å². The van der Waals surface area contributed by atoms with Gasteiger partial charge in [-0.05, 0) is 23.8 Å². The average Bonchev–Trinajstić information content (AvgIpc) is 2.41. The van der Waals surface area contributed by atoms with Gasteiger partial charge < -0.3 is 10.5 Å². The van der Waals surface area contributed by atoms with Crippen molar-refractivity contribution in [1.29, 1.82) is 0 Å². The maximum absolute atomic E-state index is 11.5. The van der Waals surface area contributed by atoms with Crippen molar-refractivity contribution in [3.05, 3.63) is 58.8 Å². The van der Waals surface area contributed by atoms with Crippen molar-refractivity contribution in [2.75, 3.05) is 7.11 Å². The maximum atomic E-state index is 11.5. The van der Waals surface area contributed by atoms with Crippen molar-refractivity contribution >= 4 is 0 Å². The van der Waals surface area contributed by atoms with Crippen molar-refractivity contribution in [2.45, 2.75) is 12.6 Å². The number of hydrogen-bond donors (Lipinski definition) is 1. The van der Waals surface area contributed by atoms with Crippen molar-refractivity contribution < 1.29 is 4.74 Å². The summed E-state index contributed by atoms with van der Waals surface area (Å²) in [5.41, 5.74) is 6.70. The second-order valence-corrected chi connectivity index (χ2v) is 3.94. The molecule has 0 aliphatic heterocycles. The number of aromatic nitrogens is 2. The third-order valence-corrected chi connectivity index (χ3v) is 2.70. The first-order valence-corrected chi connectivity index (χ1v) is 5.61. The Morgan fingerprint density at radius 1 is 1.44 bits per heavy atom. The molecule has 2 rings (SSSR count). The van der Waals surface area contributed by atoms with E-state index < -0.39 is 0 Å². The van der Waals surface area contributed by atoms with Crippen LogP contribution in [-0.2, 0) is 6.54 Å². The first-order chi connectivity index (χ1) is 8.70. The summed E-state index contributed by atoms with van der Waals surface area (Å²) in [7, 11) is 1.61. The molecule has 0 amide bonds. The molecule has 5 nitrogen and oxygen atoms in total. The number of methoxy groups -OCH3 is 1. The molecule has 18 heavy (non-hydrogen) atoms. The summed E-state index contributed by atoms with van der Waals surface area (Å²) in [4.78, 5) is 15.2. The van der Waals surface area contributed by atoms with Gasteiger partial charge in [-0.15, -0.1) is 0 Å². The fourth-order valence-electron chi connectivity index (χ4n) is 1.72. The zero-order chi connectivity index (χ0) is 13.0. The minimum atomic E-state index is -0.296. The fourth-order valence-corrected chi connectivity index (χ4v) is 1.72. The third-order valence-electron chi connectivity index (χ3n) is 2.70. The summed E-state index contributed by atoms with van der Waals surface area (Å²) < 4.78 is 6.63. The van der Waals surface area contributed by atoms with Crippen molar-refractivity contribution in [3.63, 3.8) is 0 Å². The second kappa shape index (κ2) is 5.46. The molecule has 0 saturated carbocycles. The molecule has 1 aromatic heterocycles. The Morgan fingerprint density at radius 3 is 3.00 bits per heavy atom. The molecule has 0 aliphatic carbocycles. The maximum Gasteiger partial charge on any atom is 0.347 e. The lowest BCUT2D eigenvalue weighted by Gasteiger charge is -2.14. The standard InChI is InChI=1S/C13H15N3O2/c1-18-11-5-2-4-10(8-11)12(14)9-16-7-3-6-15-13(16)17/h2-8,12H,9,14H2,1H3. The van der Waals surface area contributed by atoms with Gasteiger partial charge in [0.25, 0.3) is 0 Å². The van der Waals surface area contributed by atoms with E-state index in [4.69, 9.17) is 10.5 Å². The largest absolute Gasteiger partial charge is 0.497 e. The summed E-state index contributed by atoms with van der Waals surface area (Å²) in [5, 5.41) is 0. The van der Waals surface area contributed by atoms with Gasteiger partial charge in [0.05, 0.1) is 7.11 Å². The van der Waals surface area contributed by atoms with E-state index in [0.29, 0.717) is 6.54 Å². The SMILES string of the molecule is COc1cccc(C(N)Cn2cccnc2=O)c1. The molecule has 0 aliphatic rings. The van der Waals surface area contributed by atoms with E-state index in [1.807, 2.05) is 24.3 Å². The summed E-state index contributed by atoms with van der Waals surface area (Å²) in [6, 6.07) is 8.94. The quantitative estimate of drug-likeness (QED) is 0.870. The molecule has 0 radical (unpaired) electrons. The molecular weight excluding hydrogens is 230 g/mol. The van der Waals surface area contributed by atoms with E-state index in [1.54, 1.807) is 19.4 Å². The van der Waals surface area contributed by atoms with Crippen molar-refractivity contribution in [1.82, 2.24) is 9.55 Å². The lowest BCUT2D eigenvalue weighted by Crippen LogP contribution is -2.27. The van der Waals surface area contributed by atoms with E-state index >= 15 is 0 Å². The molecular formula is C13H15N3O2.